The summed E-state index contributed by atoms with van der Waals surface area (Å²) in [5.74, 6) is -0.0459. The van der Waals surface area contributed by atoms with Crippen LogP contribution in [-0.4, -0.2) is 5.91 Å². The second kappa shape index (κ2) is 6.02. The van der Waals surface area contributed by atoms with Gasteiger partial charge in [-0.25, -0.2) is 0 Å². The maximum Gasteiger partial charge on any atom is 0.251 e. The lowest BCUT2D eigenvalue weighted by molar-refractivity contribution is 0.0940. The van der Waals surface area contributed by atoms with Crippen molar-refractivity contribution in [3.8, 4) is 0 Å². The highest BCUT2D eigenvalue weighted by Crippen LogP contribution is 2.17. The molecule has 0 aliphatic heterocycles. The summed E-state index contributed by atoms with van der Waals surface area (Å²) in [4.78, 5) is 12.1. The van der Waals surface area contributed by atoms with Gasteiger partial charge >= 0.3 is 0 Å². The zero-order valence-corrected chi connectivity index (χ0v) is 12.6. The van der Waals surface area contributed by atoms with Crippen LogP contribution in [0.5, 0.6) is 0 Å². The topological polar surface area (TPSA) is 29.1 Å². The van der Waals surface area contributed by atoms with Gasteiger partial charge in [-0.3, -0.25) is 4.79 Å². The molecule has 0 aliphatic carbocycles. The van der Waals surface area contributed by atoms with Crippen molar-refractivity contribution >= 4 is 21.8 Å². The summed E-state index contributed by atoms with van der Waals surface area (Å²) in [5.41, 5.74) is 2.93. The number of rotatable bonds is 3. The Balaban J connectivity index is 2.06. The van der Waals surface area contributed by atoms with Gasteiger partial charge in [0.2, 0.25) is 0 Å². The van der Waals surface area contributed by atoms with Crippen molar-refractivity contribution < 1.29 is 4.79 Å². The van der Waals surface area contributed by atoms with E-state index >= 15 is 0 Å². The Kier molecular flexibility index (Phi) is 4.38. The third kappa shape index (κ3) is 3.67. The Labute approximate surface area is 122 Å². The van der Waals surface area contributed by atoms with Crippen LogP contribution in [0.2, 0.25) is 0 Å². The normalized spacial score (nSPS) is 11.9. The predicted molar refractivity (Wildman–Crippen MR) is 81.2 cm³/mol. The van der Waals surface area contributed by atoms with E-state index < -0.39 is 0 Å². The van der Waals surface area contributed by atoms with Gasteiger partial charge in [-0.15, -0.1) is 0 Å². The number of hydrogen-bond acceptors (Lipinski definition) is 1. The molecule has 2 rings (SSSR count). The summed E-state index contributed by atoms with van der Waals surface area (Å²) in [6, 6.07) is 15.5. The first-order valence-electron chi connectivity index (χ1n) is 6.19. The molecule has 0 aliphatic rings. The van der Waals surface area contributed by atoms with Gasteiger partial charge in [-0.05, 0) is 43.7 Å². The lowest BCUT2D eigenvalue weighted by atomic mass is 10.1. The van der Waals surface area contributed by atoms with Crippen LogP contribution in [-0.2, 0) is 0 Å². The molecule has 0 fully saturated rings. The van der Waals surface area contributed by atoms with E-state index in [4.69, 9.17) is 0 Å². The van der Waals surface area contributed by atoms with Crippen molar-refractivity contribution in [3.05, 3.63) is 69.7 Å². The average Bonchev–Trinajstić information content (AvgIpc) is 2.40. The second-order valence-corrected chi connectivity index (χ2v) is 5.53. The van der Waals surface area contributed by atoms with Crippen molar-refractivity contribution in [3.63, 3.8) is 0 Å². The van der Waals surface area contributed by atoms with E-state index in [0.29, 0.717) is 5.56 Å². The van der Waals surface area contributed by atoms with Gasteiger partial charge in [0.1, 0.15) is 0 Å². The molecule has 1 N–H and O–H groups in total. The maximum absolute atomic E-state index is 12.1. The number of benzene rings is 2. The monoisotopic (exact) mass is 317 g/mol. The molecule has 1 amide bonds. The molecule has 0 aromatic heterocycles. The quantitative estimate of drug-likeness (QED) is 0.901. The number of halogens is 1. The number of hydrogen-bond donors (Lipinski definition) is 1. The molecule has 3 heteroatoms. The molecule has 0 spiro atoms. The third-order valence-corrected chi connectivity index (χ3v) is 3.56. The number of nitrogens with one attached hydrogen (secondary N) is 1. The lowest BCUT2D eigenvalue weighted by Gasteiger charge is -2.14. The molecule has 1 atom stereocenters. The smallest absolute Gasteiger partial charge is 0.251 e. The number of carbonyl (C=O) groups excluding carboxylic acids is 1. The summed E-state index contributed by atoms with van der Waals surface area (Å²) < 4.78 is 1.04. The molecule has 0 saturated carbocycles. The van der Waals surface area contributed by atoms with Crippen LogP contribution < -0.4 is 5.32 Å². The number of carbonyl (C=O) groups is 1. The van der Waals surface area contributed by atoms with Crippen molar-refractivity contribution in [2.75, 3.05) is 0 Å². The molecule has 0 unspecified atom stereocenters. The van der Waals surface area contributed by atoms with Gasteiger partial charge in [0.05, 0.1) is 6.04 Å². The van der Waals surface area contributed by atoms with E-state index in [1.54, 1.807) is 0 Å². The SMILES string of the molecule is Cc1ccc(C(=O)N[C@H](C)c2ccc(Br)cc2)cc1. The Morgan fingerprint density at radius 2 is 1.63 bits per heavy atom. The van der Waals surface area contributed by atoms with Gasteiger partial charge in [0.25, 0.3) is 5.91 Å². The maximum atomic E-state index is 12.1. The fraction of sp³-hybridized carbons (Fsp3) is 0.188. The first-order chi connectivity index (χ1) is 9.06. The first kappa shape index (κ1) is 13.8. The van der Waals surface area contributed by atoms with Crippen molar-refractivity contribution in [1.29, 1.82) is 0 Å². The molecule has 0 saturated heterocycles. The lowest BCUT2D eigenvalue weighted by Crippen LogP contribution is -2.26. The van der Waals surface area contributed by atoms with E-state index in [0.717, 1.165) is 15.6 Å². The van der Waals surface area contributed by atoms with Gasteiger partial charge in [-0.2, -0.15) is 0 Å². The van der Waals surface area contributed by atoms with Gasteiger partial charge in [-0.1, -0.05) is 45.8 Å². The van der Waals surface area contributed by atoms with Gasteiger partial charge in [0.15, 0.2) is 0 Å². The Morgan fingerprint density at radius 1 is 1.05 bits per heavy atom. The molecule has 2 aromatic rings. The molecule has 98 valence electrons. The molecule has 2 nitrogen and oxygen atoms in total. The van der Waals surface area contributed by atoms with Crippen molar-refractivity contribution in [1.82, 2.24) is 5.32 Å². The van der Waals surface area contributed by atoms with Gasteiger partial charge < -0.3 is 5.32 Å². The second-order valence-electron chi connectivity index (χ2n) is 4.61. The van der Waals surface area contributed by atoms with Gasteiger partial charge in [0, 0.05) is 10.0 Å². The molecule has 0 radical (unpaired) electrons. The molecule has 19 heavy (non-hydrogen) atoms. The fourth-order valence-corrected chi connectivity index (χ4v) is 2.08. The van der Waals surface area contributed by atoms with E-state index in [-0.39, 0.29) is 11.9 Å². The zero-order chi connectivity index (χ0) is 13.8. The Morgan fingerprint density at radius 3 is 2.21 bits per heavy atom. The van der Waals surface area contributed by atoms with E-state index in [1.165, 1.54) is 0 Å². The summed E-state index contributed by atoms with van der Waals surface area (Å²) in [7, 11) is 0. The van der Waals surface area contributed by atoms with Crippen molar-refractivity contribution in [2.24, 2.45) is 0 Å². The highest BCUT2D eigenvalue weighted by Gasteiger charge is 2.10. The van der Waals surface area contributed by atoms with Crippen LogP contribution in [0, 0.1) is 6.92 Å². The van der Waals surface area contributed by atoms with E-state index in [2.05, 4.69) is 21.2 Å². The summed E-state index contributed by atoms with van der Waals surface area (Å²) in [5, 5.41) is 3.00. The van der Waals surface area contributed by atoms with Crippen LogP contribution in [0.3, 0.4) is 0 Å². The van der Waals surface area contributed by atoms with Crippen LogP contribution in [0.15, 0.2) is 53.0 Å². The first-order valence-corrected chi connectivity index (χ1v) is 6.98. The average molecular weight is 318 g/mol. The molecule has 2 aromatic carbocycles. The van der Waals surface area contributed by atoms with Crippen LogP contribution in [0.1, 0.15) is 34.5 Å². The zero-order valence-electron chi connectivity index (χ0n) is 11.0. The number of aryl methyl sites for hydroxylation is 1. The fourth-order valence-electron chi connectivity index (χ4n) is 1.82. The summed E-state index contributed by atoms with van der Waals surface area (Å²) in [6.45, 7) is 3.99. The molecular formula is C16H16BrNO. The molecular weight excluding hydrogens is 302 g/mol. The Bertz CT molecular complexity index is 560. The van der Waals surface area contributed by atoms with Crippen LogP contribution in [0.4, 0.5) is 0 Å². The predicted octanol–water partition coefficient (Wildman–Crippen LogP) is 4.25. The minimum absolute atomic E-state index is 0.0121. The minimum atomic E-state index is -0.0459. The largest absolute Gasteiger partial charge is 0.346 e. The van der Waals surface area contributed by atoms with Crippen molar-refractivity contribution in [2.45, 2.75) is 19.9 Å². The van der Waals surface area contributed by atoms with Crippen LogP contribution in [0.25, 0.3) is 0 Å². The Hall–Kier alpha value is -1.61. The molecule has 0 bridgehead atoms. The van der Waals surface area contributed by atoms with Crippen LogP contribution >= 0.6 is 15.9 Å². The summed E-state index contributed by atoms with van der Waals surface area (Å²) in [6.07, 6.45) is 0. The third-order valence-electron chi connectivity index (χ3n) is 3.03. The van der Waals surface area contributed by atoms with E-state index in [1.807, 2.05) is 62.4 Å². The highest BCUT2D eigenvalue weighted by atomic mass is 79.9. The summed E-state index contributed by atoms with van der Waals surface area (Å²) >= 11 is 3.40. The standard InChI is InChI=1S/C16H16BrNO/c1-11-3-5-14(6-4-11)16(19)18-12(2)13-7-9-15(17)10-8-13/h3-10,12H,1-2H3,(H,18,19)/t12-/m1/s1. The minimum Gasteiger partial charge on any atom is -0.346 e. The molecule has 0 heterocycles. The highest BCUT2D eigenvalue weighted by molar-refractivity contribution is 9.10. The number of amides is 1. The van der Waals surface area contributed by atoms with E-state index in [9.17, 15) is 4.79 Å².